The van der Waals surface area contributed by atoms with Gasteiger partial charge in [-0.1, -0.05) is 11.6 Å². The number of aryl methyl sites for hydroxylation is 1. The van der Waals surface area contributed by atoms with Crippen molar-refractivity contribution in [3.8, 4) is 0 Å². The second-order valence-corrected chi connectivity index (χ2v) is 5.21. The first-order valence-corrected chi connectivity index (χ1v) is 6.68. The van der Waals surface area contributed by atoms with Gasteiger partial charge in [0.15, 0.2) is 0 Å². The number of hydrogen-bond donors (Lipinski definition) is 3. The lowest BCUT2D eigenvalue weighted by Gasteiger charge is -2.14. The van der Waals surface area contributed by atoms with E-state index in [0.29, 0.717) is 10.0 Å². The highest BCUT2D eigenvalue weighted by Gasteiger charge is 2.22. The number of primary amides is 1. The number of hydrogen-bond acceptors (Lipinski definition) is 3. The van der Waals surface area contributed by atoms with E-state index in [4.69, 9.17) is 10.8 Å². The van der Waals surface area contributed by atoms with Crippen molar-refractivity contribution in [1.29, 1.82) is 0 Å². The standard InChI is InChI=1S/C13H15BrN2O4/c1-7-2-3-9(14)8(6-7)12(18)16-10(13(19)20)4-5-11(15)17/h2-3,6,10H,4-5H2,1H3,(H2,15,17)(H,16,18)(H,19,20)/t10-/m1/s1. The maximum atomic E-state index is 12.1. The minimum atomic E-state index is -1.21. The number of aliphatic carboxylic acids is 1. The number of carbonyl (C=O) groups excluding carboxylic acids is 2. The van der Waals surface area contributed by atoms with Crippen molar-refractivity contribution in [2.45, 2.75) is 25.8 Å². The zero-order chi connectivity index (χ0) is 15.3. The van der Waals surface area contributed by atoms with Crippen molar-refractivity contribution in [3.05, 3.63) is 33.8 Å². The molecule has 0 unspecified atom stereocenters. The van der Waals surface area contributed by atoms with Crippen LogP contribution < -0.4 is 11.1 Å². The minimum Gasteiger partial charge on any atom is -0.480 e. The van der Waals surface area contributed by atoms with Crippen molar-refractivity contribution in [2.24, 2.45) is 5.73 Å². The molecule has 0 bridgehead atoms. The van der Waals surface area contributed by atoms with E-state index in [9.17, 15) is 14.4 Å². The number of halogens is 1. The predicted molar refractivity (Wildman–Crippen MR) is 76.2 cm³/mol. The van der Waals surface area contributed by atoms with E-state index in [1.165, 1.54) is 0 Å². The number of carboxylic acids is 1. The molecule has 0 aliphatic carbocycles. The van der Waals surface area contributed by atoms with Gasteiger partial charge in [-0.25, -0.2) is 4.79 Å². The molecule has 6 nitrogen and oxygen atoms in total. The number of rotatable bonds is 6. The van der Waals surface area contributed by atoms with Crippen molar-refractivity contribution in [1.82, 2.24) is 5.32 Å². The fourth-order valence-electron chi connectivity index (χ4n) is 1.59. The quantitative estimate of drug-likeness (QED) is 0.721. The third kappa shape index (κ3) is 4.65. The first kappa shape index (κ1) is 16.2. The molecule has 108 valence electrons. The molecule has 7 heteroatoms. The minimum absolute atomic E-state index is 0.0418. The maximum Gasteiger partial charge on any atom is 0.326 e. The van der Waals surface area contributed by atoms with E-state index in [2.05, 4.69) is 21.2 Å². The van der Waals surface area contributed by atoms with E-state index in [-0.39, 0.29) is 12.8 Å². The van der Waals surface area contributed by atoms with Gasteiger partial charge in [0.25, 0.3) is 5.91 Å². The molecule has 1 aromatic carbocycles. The largest absolute Gasteiger partial charge is 0.480 e. The van der Waals surface area contributed by atoms with Crippen LogP contribution in [-0.4, -0.2) is 28.9 Å². The summed E-state index contributed by atoms with van der Waals surface area (Å²) in [6.45, 7) is 1.82. The van der Waals surface area contributed by atoms with Crippen LogP contribution in [0.15, 0.2) is 22.7 Å². The molecule has 0 aromatic heterocycles. The number of carboxylic acid groups (broad SMARTS) is 1. The zero-order valence-electron chi connectivity index (χ0n) is 10.9. The Hall–Kier alpha value is -1.89. The lowest BCUT2D eigenvalue weighted by molar-refractivity contribution is -0.139. The van der Waals surface area contributed by atoms with Crippen LogP contribution in [0.2, 0.25) is 0 Å². The van der Waals surface area contributed by atoms with Crippen LogP contribution >= 0.6 is 15.9 Å². The van der Waals surface area contributed by atoms with Gasteiger partial charge in [0.1, 0.15) is 6.04 Å². The number of benzene rings is 1. The summed E-state index contributed by atoms with van der Waals surface area (Å²) in [4.78, 5) is 33.8. The molecule has 0 aliphatic rings. The summed E-state index contributed by atoms with van der Waals surface area (Å²) in [5.41, 5.74) is 6.19. The monoisotopic (exact) mass is 342 g/mol. The van der Waals surface area contributed by atoms with Gasteiger partial charge in [-0.2, -0.15) is 0 Å². The molecule has 0 aliphatic heterocycles. The second-order valence-electron chi connectivity index (χ2n) is 4.35. The SMILES string of the molecule is Cc1ccc(Br)c(C(=O)N[C@H](CCC(N)=O)C(=O)O)c1. The van der Waals surface area contributed by atoms with Gasteiger partial charge in [0.05, 0.1) is 5.56 Å². The summed E-state index contributed by atoms with van der Waals surface area (Å²) in [5.74, 6) is -2.33. The first-order chi connectivity index (χ1) is 9.31. The predicted octanol–water partition coefficient (Wildman–Crippen LogP) is 1.21. The van der Waals surface area contributed by atoms with E-state index in [0.717, 1.165) is 5.56 Å². The van der Waals surface area contributed by atoms with Gasteiger partial charge in [-0.05, 0) is 41.4 Å². The summed E-state index contributed by atoms with van der Waals surface area (Å²) in [6.07, 6.45) is -0.147. The molecule has 20 heavy (non-hydrogen) atoms. The van der Waals surface area contributed by atoms with Gasteiger partial charge < -0.3 is 16.2 Å². The highest BCUT2D eigenvalue weighted by molar-refractivity contribution is 9.10. The Balaban J connectivity index is 2.82. The number of nitrogens with one attached hydrogen (secondary N) is 1. The van der Waals surface area contributed by atoms with Gasteiger partial charge in [0, 0.05) is 10.9 Å². The Morgan fingerprint density at radius 1 is 1.40 bits per heavy atom. The van der Waals surface area contributed by atoms with Crippen LogP contribution in [0.3, 0.4) is 0 Å². The topological polar surface area (TPSA) is 109 Å². The lowest BCUT2D eigenvalue weighted by atomic mass is 10.1. The fourth-order valence-corrected chi connectivity index (χ4v) is 2.02. The molecule has 0 saturated carbocycles. The highest BCUT2D eigenvalue weighted by Crippen LogP contribution is 2.18. The second kappa shape index (κ2) is 7.04. The third-order valence-corrected chi connectivity index (χ3v) is 3.34. The molecule has 0 fully saturated rings. The van der Waals surface area contributed by atoms with Crippen LogP contribution in [0.1, 0.15) is 28.8 Å². The Morgan fingerprint density at radius 2 is 2.05 bits per heavy atom. The summed E-state index contributed by atoms with van der Waals surface area (Å²) >= 11 is 3.24. The van der Waals surface area contributed by atoms with Crippen LogP contribution in [0, 0.1) is 6.92 Å². The van der Waals surface area contributed by atoms with E-state index in [1.54, 1.807) is 12.1 Å². The highest BCUT2D eigenvalue weighted by atomic mass is 79.9. The lowest BCUT2D eigenvalue weighted by Crippen LogP contribution is -2.41. The van der Waals surface area contributed by atoms with Crippen molar-refractivity contribution >= 4 is 33.7 Å². The van der Waals surface area contributed by atoms with E-state index >= 15 is 0 Å². The molecular weight excluding hydrogens is 328 g/mol. The molecule has 4 N–H and O–H groups in total. The van der Waals surface area contributed by atoms with Gasteiger partial charge >= 0.3 is 5.97 Å². The normalized spacial score (nSPS) is 11.7. The molecule has 0 saturated heterocycles. The van der Waals surface area contributed by atoms with Crippen LogP contribution in [-0.2, 0) is 9.59 Å². The molecule has 1 rings (SSSR count). The fraction of sp³-hybridized carbons (Fsp3) is 0.308. The Morgan fingerprint density at radius 3 is 2.60 bits per heavy atom. The zero-order valence-corrected chi connectivity index (χ0v) is 12.4. The first-order valence-electron chi connectivity index (χ1n) is 5.89. The molecule has 0 radical (unpaired) electrons. The average molecular weight is 343 g/mol. The van der Waals surface area contributed by atoms with Gasteiger partial charge in [0.2, 0.25) is 5.91 Å². The molecule has 1 aromatic rings. The van der Waals surface area contributed by atoms with Crippen molar-refractivity contribution < 1.29 is 19.5 Å². The van der Waals surface area contributed by atoms with Crippen molar-refractivity contribution in [2.75, 3.05) is 0 Å². The van der Waals surface area contributed by atoms with Gasteiger partial charge in [-0.3, -0.25) is 9.59 Å². The summed E-state index contributed by atoms with van der Waals surface area (Å²) in [7, 11) is 0. The third-order valence-electron chi connectivity index (χ3n) is 2.65. The molecule has 0 spiro atoms. The molecule has 0 heterocycles. The Bertz CT molecular complexity index is 545. The smallest absolute Gasteiger partial charge is 0.326 e. The number of nitrogens with two attached hydrogens (primary N) is 1. The molecular formula is C13H15BrN2O4. The van der Waals surface area contributed by atoms with Crippen LogP contribution in [0.25, 0.3) is 0 Å². The number of amides is 2. The van der Waals surface area contributed by atoms with Gasteiger partial charge in [-0.15, -0.1) is 0 Å². The Labute approximate surface area is 124 Å². The summed E-state index contributed by atoms with van der Waals surface area (Å²) in [6, 6.07) is 4.03. The molecule has 2 amide bonds. The summed E-state index contributed by atoms with van der Waals surface area (Å²) < 4.78 is 0.569. The van der Waals surface area contributed by atoms with E-state index < -0.39 is 23.8 Å². The average Bonchev–Trinajstić information content (AvgIpc) is 2.36. The van der Waals surface area contributed by atoms with Crippen molar-refractivity contribution in [3.63, 3.8) is 0 Å². The van der Waals surface area contributed by atoms with E-state index in [1.807, 2.05) is 13.0 Å². The maximum absolute atomic E-state index is 12.1. The van der Waals surface area contributed by atoms with Crippen LogP contribution in [0.5, 0.6) is 0 Å². The summed E-state index contributed by atoms with van der Waals surface area (Å²) in [5, 5.41) is 11.4. The molecule has 1 atom stereocenters. The number of carbonyl (C=O) groups is 3. The van der Waals surface area contributed by atoms with Crippen LogP contribution in [0.4, 0.5) is 0 Å². The Kier molecular flexibility index (Phi) is 5.69.